The third-order valence-corrected chi connectivity index (χ3v) is 14.4. The van der Waals surface area contributed by atoms with Crippen LogP contribution in [0.15, 0.2) is 11.6 Å². The summed E-state index contributed by atoms with van der Waals surface area (Å²) in [5, 5.41) is 0. The van der Waals surface area contributed by atoms with Crippen molar-refractivity contribution >= 4 is 5.97 Å². The van der Waals surface area contributed by atoms with Gasteiger partial charge in [0, 0.05) is 11.8 Å². The first kappa shape index (κ1) is 29.2. The van der Waals surface area contributed by atoms with Gasteiger partial charge in [-0.2, -0.15) is 0 Å². The Morgan fingerprint density at radius 3 is 2.35 bits per heavy atom. The Balaban J connectivity index is 1.32. The molecule has 6 rings (SSSR count). The molecule has 1 heterocycles. The fourth-order valence-corrected chi connectivity index (χ4v) is 12.2. The van der Waals surface area contributed by atoms with Crippen molar-refractivity contribution in [3.8, 4) is 0 Å². The Morgan fingerprint density at radius 2 is 1.65 bits per heavy atom. The molecule has 4 heteroatoms. The molecular formula is C36H58O4. The summed E-state index contributed by atoms with van der Waals surface area (Å²) in [7, 11) is 0. The van der Waals surface area contributed by atoms with E-state index < -0.39 is 5.79 Å². The van der Waals surface area contributed by atoms with Crippen LogP contribution in [0.4, 0.5) is 0 Å². The minimum Gasteiger partial charge on any atom is -0.465 e. The molecule has 0 amide bonds. The topological polar surface area (TPSA) is 44.8 Å². The largest absolute Gasteiger partial charge is 0.465 e. The van der Waals surface area contributed by atoms with Gasteiger partial charge in [0.2, 0.25) is 0 Å². The zero-order valence-electron chi connectivity index (χ0n) is 27.0. The summed E-state index contributed by atoms with van der Waals surface area (Å²) in [5.74, 6) is 1.99. The number of carbonyl (C=O) groups is 1. The van der Waals surface area contributed by atoms with Crippen LogP contribution in [0.5, 0.6) is 0 Å². The third-order valence-electron chi connectivity index (χ3n) is 14.4. The van der Waals surface area contributed by atoms with Crippen molar-refractivity contribution in [2.75, 3.05) is 19.8 Å². The average Bonchev–Trinajstić information content (AvgIpc) is 3.37. The zero-order valence-corrected chi connectivity index (χ0v) is 27.0. The van der Waals surface area contributed by atoms with Gasteiger partial charge in [0.1, 0.15) is 0 Å². The molecule has 0 radical (unpaired) electrons. The molecule has 8 atom stereocenters. The van der Waals surface area contributed by atoms with Gasteiger partial charge < -0.3 is 14.2 Å². The Hall–Kier alpha value is -0.870. The van der Waals surface area contributed by atoms with Crippen LogP contribution in [0.2, 0.25) is 0 Å². The van der Waals surface area contributed by atoms with Gasteiger partial charge in [0.05, 0.1) is 25.7 Å². The van der Waals surface area contributed by atoms with E-state index in [1.54, 1.807) is 5.57 Å². The second-order valence-corrected chi connectivity index (χ2v) is 17.0. The monoisotopic (exact) mass is 554 g/mol. The van der Waals surface area contributed by atoms with Gasteiger partial charge >= 0.3 is 5.97 Å². The molecule has 4 saturated carbocycles. The van der Waals surface area contributed by atoms with Crippen LogP contribution in [0.1, 0.15) is 126 Å². The standard InChI is InChI=1S/C36H58O4/c1-9-10-19-38-30(37)26-23-31(2,3)22-25-24(26)13-15-34(7)27(25)11-12-29-33(6)17-18-36(39-20-21-40-36)32(4,5)28(33)14-16-35(29,34)8/h11,24-26,28-29H,9-10,12-23H2,1-8H3/t24?,25?,26-,28?,29?,33+,34-,35-/m1/s1. The molecular weight excluding hydrogens is 496 g/mol. The number of unbranched alkanes of at least 4 members (excludes halogenated alkanes) is 1. The van der Waals surface area contributed by atoms with E-state index in [1.165, 1.54) is 44.9 Å². The molecule has 0 aromatic carbocycles. The highest BCUT2D eigenvalue weighted by molar-refractivity contribution is 5.73. The van der Waals surface area contributed by atoms with Crippen molar-refractivity contribution in [3.63, 3.8) is 0 Å². The lowest BCUT2D eigenvalue weighted by Crippen LogP contribution is -2.67. The van der Waals surface area contributed by atoms with E-state index in [-0.39, 0.29) is 39.0 Å². The molecule has 6 aliphatic rings. The molecule has 1 aliphatic heterocycles. The normalized spacial score (nSPS) is 46.4. The maximum absolute atomic E-state index is 13.5. The first-order valence-corrected chi connectivity index (χ1v) is 16.9. The number of ether oxygens (including phenoxy) is 3. The number of hydrogen-bond donors (Lipinski definition) is 0. The summed E-state index contributed by atoms with van der Waals surface area (Å²) in [6.45, 7) is 21.9. The fourth-order valence-electron chi connectivity index (χ4n) is 12.2. The van der Waals surface area contributed by atoms with E-state index in [0.717, 1.165) is 38.9 Å². The Morgan fingerprint density at radius 1 is 0.925 bits per heavy atom. The minimum absolute atomic E-state index is 0.0130. The van der Waals surface area contributed by atoms with Gasteiger partial charge in [0.15, 0.2) is 5.79 Å². The molecule has 0 aromatic rings. The third kappa shape index (κ3) is 3.92. The number of hydrogen-bond acceptors (Lipinski definition) is 4. The van der Waals surface area contributed by atoms with Gasteiger partial charge in [-0.1, -0.05) is 73.5 Å². The van der Waals surface area contributed by atoms with Gasteiger partial charge in [-0.25, -0.2) is 0 Å². The maximum Gasteiger partial charge on any atom is 0.309 e. The van der Waals surface area contributed by atoms with Crippen molar-refractivity contribution in [1.29, 1.82) is 0 Å². The van der Waals surface area contributed by atoms with Crippen LogP contribution in [0, 0.1) is 56.7 Å². The first-order chi connectivity index (χ1) is 18.7. The first-order valence-electron chi connectivity index (χ1n) is 16.9. The van der Waals surface area contributed by atoms with Gasteiger partial charge in [-0.05, 0) is 103 Å². The van der Waals surface area contributed by atoms with E-state index in [0.29, 0.717) is 30.3 Å². The SMILES string of the molecule is CCCCOC(=O)[C@@H]1CC(C)(C)CC2C3=CCC4[C@@]5(C)CCC6(OCCO6)C(C)(C)C5CC[C@@]4(C)[C@]3(C)CCC21. The lowest BCUT2D eigenvalue weighted by Gasteiger charge is -2.71. The molecule has 4 unspecified atom stereocenters. The zero-order chi connectivity index (χ0) is 28.8. The minimum atomic E-state index is -0.392. The summed E-state index contributed by atoms with van der Waals surface area (Å²) < 4.78 is 18.7. The predicted octanol–water partition coefficient (Wildman–Crippen LogP) is 8.73. The second kappa shape index (κ2) is 9.57. The number of carbonyl (C=O) groups excluding carboxylic acids is 1. The average molecular weight is 555 g/mol. The smallest absolute Gasteiger partial charge is 0.309 e. The van der Waals surface area contributed by atoms with Crippen molar-refractivity contribution in [2.45, 2.75) is 132 Å². The van der Waals surface area contributed by atoms with Gasteiger partial charge in [-0.3, -0.25) is 4.79 Å². The van der Waals surface area contributed by atoms with Crippen molar-refractivity contribution < 1.29 is 19.0 Å². The number of allylic oxidation sites excluding steroid dienone is 2. The van der Waals surface area contributed by atoms with E-state index in [4.69, 9.17) is 14.2 Å². The number of rotatable bonds is 4. The Bertz CT molecular complexity index is 1040. The molecule has 4 nitrogen and oxygen atoms in total. The highest BCUT2D eigenvalue weighted by atomic mass is 16.7. The van der Waals surface area contributed by atoms with Crippen LogP contribution in [-0.4, -0.2) is 31.6 Å². The summed E-state index contributed by atoms with van der Waals surface area (Å²) in [5.41, 5.74) is 2.67. The maximum atomic E-state index is 13.5. The second-order valence-electron chi connectivity index (χ2n) is 17.0. The van der Waals surface area contributed by atoms with E-state index in [1.807, 2.05) is 0 Å². The van der Waals surface area contributed by atoms with Crippen LogP contribution >= 0.6 is 0 Å². The lowest BCUT2D eigenvalue weighted by atomic mass is 9.34. The fraction of sp³-hybridized carbons (Fsp3) is 0.917. The van der Waals surface area contributed by atoms with Gasteiger partial charge in [-0.15, -0.1) is 0 Å². The van der Waals surface area contributed by atoms with E-state index in [2.05, 4.69) is 61.5 Å². The predicted molar refractivity (Wildman–Crippen MR) is 159 cm³/mol. The van der Waals surface area contributed by atoms with Crippen LogP contribution in [-0.2, 0) is 19.0 Å². The quantitative estimate of drug-likeness (QED) is 0.198. The summed E-state index contributed by atoms with van der Waals surface area (Å²) in [6, 6.07) is 0. The Kier molecular flexibility index (Phi) is 6.99. The van der Waals surface area contributed by atoms with Gasteiger partial charge in [0.25, 0.3) is 0 Å². The molecule has 226 valence electrons. The summed E-state index contributed by atoms with van der Waals surface area (Å²) in [4.78, 5) is 13.5. The van der Waals surface area contributed by atoms with Crippen LogP contribution in [0.3, 0.4) is 0 Å². The highest BCUT2D eigenvalue weighted by Gasteiger charge is 2.70. The molecule has 5 aliphatic carbocycles. The van der Waals surface area contributed by atoms with Crippen molar-refractivity contribution in [3.05, 3.63) is 11.6 Å². The van der Waals surface area contributed by atoms with E-state index in [9.17, 15) is 4.79 Å². The molecule has 0 aromatic heterocycles. The van der Waals surface area contributed by atoms with Crippen LogP contribution < -0.4 is 0 Å². The number of fused-ring (bicyclic) bond motifs is 7. The molecule has 40 heavy (non-hydrogen) atoms. The van der Waals surface area contributed by atoms with E-state index >= 15 is 0 Å². The number of esters is 1. The van der Waals surface area contributed by atoms with Crippen molar-refractivity contribution in [1.82, 2.24) is 0 Å². The molecule has 1 spiro atoms. The molecule has 5 fully saturated rings. The molecule has 1 saturated heterocycles. The molecule has 0 bridgehead atoms. The lowest BCUT2D eigenvalue weighted by molar-refractivity contribution is -0.307. The Labute approximate surface area is 244 Å². The summed E-state index contributed by atoms with van der Waals surface area (Å²) >= 11 is 0. The summed E-state index contributed by atoms with van der Waals surface area (Å²) in [6.07, 6.45) is 15.3. The van der Waals surface area contributed by atoms with Crippen LogP contribution in [0.25, 0.3) is 0 Å². The van der Waals surface area contributed by atoms with Crippen molar-refractivity contribution in [2.24, 2.45) is 56.7 Å². The molecule has 0 N–H and O–H groups in total. The highest BCUT2D eigenvalue weighted by Crippen LogP contribution is 2.76.